The van der Waals surface area contributed by atoms with Crippen LogP contribution in [0.15, 0.2) is 71.2 Å². The molecule has 28 heavy (non-hydrogen) atoms. The largest absolute Gasteiger partial charge is 0.350 e. The van der Waals surface area contributed by atoms with Crippen LogP contribution in [0.2, 0.25) is 0 Å². The summed E-state index contributed by atoms with van der Waals surface area (Å²) >= 11 is 3.07. The van der Waals surface area contributed by atoms with Gasteiger partial charge in [0.25, 0.3) is 0 Å². The highest BCUT2D eigenvalue weighted by atomic mass is 32.2. The van der Waals surface area contributed by atoms with Crippen LogP contribution in [0, 0.1) is 0 Å². The molecule has 0 bridgehead atoms. The normalized spacial score (nSPS) is 11.4. The SMILES string of the molecule is O=C(CSc1nc2ccccc2c2nc3ccccc3n12)NCc1cccs1. The van der Waals surface area contributed by atoms with Crippen molar-refractivity contribution < 1.29 is 4.79 Å². The molecule has 0 aliphatic carbocycles. The van der Waals surface area contributed by atoms with Crippen LogP contribution in [0.3, 0.4) is 0 Å². The minimum absolute atomic E-state index is 0.00840. The molecule has 7 heteroatoms. The van der Waals surface area contributed by atoms with E-state index in [0.717, 1.165) is 37.6 Å². The van der Waals surface area contributed by atoms with Crippen molar-refractivity contribution in [2.24, 2.45) is 0 Å². The lowest BCUT2D eigenvalue weighted by Crippen LogP contribution is -2.24. The molecule has 1 N–H and O–H groups in total. The number of amides is 1. The standard InChI is InChI=1S/C21H16N4OS2/c26-19(22-12-14-6-5-11-27-14)13-28-21-24-16-8-2-1-7-15(16)20-23-17-9-3-4-10-18(17)25(20)21/h1-11H,12-13H2,(H,22,26). The summed E-state index contributed by atoms with van der Waals surface area (Å²) in [7, 11) is 0. The number of thiophene rings is 1. The topological polar surface area (TPSA) is 59.3 Å². The van der Waals surface area contributed by atoms with Gasteiger partial charge in [0.2, 0.25) is 5.91 Å². The third-order valence-corrected chi connectivity index (χ3v) is 6.30. The van der Waals surface area contributed by atoms with Crippen molar-refractivity contribution >= 4 is 56.6 Å². The van der Waals surface area contributed by atoms with Crippen molar-refractivity contribution in [1.29, 1.82) is 0 Å². The van der Waals surface area contributed by atoms with Gasteiger partial charge in [-0.05, 0) is 35.7 Å². The summed E-state index contributed by atoms with van der Waals surface area (Å²) in [5, 5.41) is 6.76. The fraction of sp³-hybridized carbons (Fsp3) is 0.0952. The number of rotatable bonds is 5. The van der Waals surface area contributed by atoms with Crippen LogP contribution in [0.4, 0.5) is 0 Å². The van der Waals surface area contributed by atoms with Crippen LogP contribution >= 0.6 is 23.1 Å². The van der Waals surface area contributed by atoms with Crippen molar-refractivity contribution in [3.05, 3.63) is 70.9 Å². The van der Waals surface area contributed by atoms with E-state index in [-0.39, 0.29) is 5.91 Å². The number of hydrogen-bond acceptors (Lipinski definition) is 5. The molecule has 0 radical (unpaired) electrons. The van der Waals surface area contributed by atoms with Gasteiger partial charge in [0, 0.05) is 10.3 Å². The quantitative estimate of drug-likeness (QED) is 0.346. The van der Waals surface area contributed by atoms with Crippen molar-refractivity contribution in [3.8, 4) is 0 Å². The first-order valence-electron chi connectivity index (χ1n) is 8.87. The second kappa shape index (κ2) is 7.26. The average Bonchev–Trinajstić information content (AvgIpc) is 3.38. The summed E-state index contributed by atoms with van der Waals surface area (Å²) < 4.78 is 2.05. The lowest BCUT2D eigenvalue weighted by molar-refractivity contribution is -0.118. The molecule has 5 nitrogen and oxygen atoms in total. The number of nitrogens with one attached hydrogen (secondary N) is 1. The molecule has 0 saturated heterocycles. The highest BCUT2D eigenvalue weighted by Crippen LogP contribution is 2.28. The average molecular weight is 405 g/mol. The first-order valence-corrected chi connectivity index (χ1v) is 10.7. The molecular formula is C21H16N4OS2. The summed E-state index contributed by atoms with van der Waals surface area (Å²) in [5.41, 5.74) is 3.67. The molecule has 0 spiro atoms. The lowest BCUT2D eigenvalue weighted by atomic mass is 10.2. The Balaban J connectivity index is 1.49. The van der Waals surface area contributed by atoms with Crippen LogP contribution in [-0.4, -0.2) is 26.0 Å². The fourth-order valence-corrected chi connectivity index (χ4v) is 4.67. The molecule has 3 aromatic heterocycles. The monoisotopic (exact) mass is 404 g/mol. The zero-order valence-corrected chi connectivity index (χ0v) is 16.5. The Morgan fingerprint density at radius 1 is 1.00 bits per heavy atom. The maximum atomic E-state index is 12.3. The van der Waals surface area contributed by atoms with Crippen molar-refractivity contribution in [1.82, 2.24) is 19.7 Å². The van der Waals surface area contributed by atoms with E-state index in [0.29, 0.717) is 12.3 Å². The van der Waals surface area contributed by atoms with Crippen LogP contribution in [0.1, 0.15) is 4.88 Å². The molecule has 0 saturated carbocycles. The van der Waals surface area contributed by atoms with Gasteiger partial charge in [-0.1, -0.05) is 42.1 Å². The molecule has 5 rings (SSSR count). The molecule has 138 valence electrons. The fourth-order valence-electron chi connectivity index (χ4n) is 3.19. The van der Waals surface area contributed by atoms with E-state index in [1.807, 2.05) is 66.0 Å². The minimum atomic E-state index is -0.00840. The number of para-hydroxylation sites is 3. The predicted molar refractivity (Wildman–Crippen MR) is 115 cm³/mol. The molecule has 0 unspecified atom stereocenters. The van der Waals surface area contributed by atoms with Crippen LogP contribution in [-0.2, 0) is 11.3 Å². The lowest BCUT2D eigenvalue weighted by Gasteiger charge is -2.08. The van der Waals surface area contributed by atoms with E-state index in [2.05, 4.69) is 9.72 Å². The zero-order chi connectivity index (χ0) is 18.9. The molecule has 2 aromatic carbocycles. The van der Waals surface area contributed by atoms with Gasteiger partial charge in [-0.25, -0.2) is 9.97 Å². The summed E-state index contributed by atoms with van der Waals surface area (Å²) in [4.78, 5) is 23.1. The van der Waals surface area contributed by atoms with Gasteiger partial charge in [-0.2, -0.15) is 0 Å². The Bertz CT molecular complexity index is 1290. The molecule has 0 fully saturated rings. The van der Waals surface area contributed by atoms with E-state index in [4.69, 9.17) is 9.97 Å². The van der Waals surface area contributed by atoms with E-state index in [9.17, 15) is 4.79 Å². The van der Waals surface area contributed by atoms with Crippen molar-refractivity contribution in [2.45, 2.75) is 11.7 Å². The maximum absolute atomic E-state index is 12.3. The summed E-state index contributed by atoms with van der Waals surface area (Å²) in [5.74, 6) is 0.295. The van der Waals surface area contributed by atoms with E-state index in [1.54, 1.807) is 11.3 Å². The second-order valence-corrected chi connectivity index (χ2v) is 8.29. The molecular weight excluding hydrogens is 388 g/mol. The van der Waals surface area contributed by atoms with Crippen molar-refractivity contribution in [2.75, 3.05) is 5.75 Å². The van der Waals surface area contributed by atoms with E-state index in [1.165, 1.54) is 11.8 Å². The Kier molecular flexibility index (Phi) is 4.46. The number of aromatic nitrogens is 3. The third-order valence-electron chi connectivity index (χ3n) is 4.49. The molecule has 3 heterocycles. The van der Waals surface area contributed by atoms with Gasteiger partial charge in [0.05, 0.1) is 28.8 Å². The summed E-state index contributed by atoms with van der Waals surface area (Å²) in [6, 6.07) is 20.0. The molecule has 0 atom stereocenters. The number of fused-ring (bicyclic) bond motifs is 5. The molecule has 5 aromatic rings. The van der Waals surface area contributed by atoms with Gasteiger partial charge in [-0.3, -0.25) is 9.20 Å². The van der Waals surface area contributed by atoms with E-state index >= 15 is 0 Å². The van der Waals surface area contributed by atoms with E-state index < -0.39 is 0 Å². The van der Waals surface area contributed by atoms with Crippen LogP contribution in [0.5, 0.6) is 0 Å². The van der Waals surface area contributed by atoms with Crippen LogP contribution < -0.4 is 5.32 Å². The molecule has 0 aliphatic heterocycles. The maximum Gasteiger partial charge on any atom is 0.230 e. The van der Waals surface area contributed by atoms with Crippen LogP contribution in [0.25, 0.3) is 27.6 Å². The number of thioether (sulfide) groups is 1. The zero-order valence-electron chi connectivity index (χ0n) is 14.8. The third kappa shape index (κ3) is 3.12. The first kappa shape index (κ1) is 17.2. The second-order valence-electron chi connectivity index (χ2n) is 6.32. The Labute approximate surface area is 169 Å². The first-order chi connectivity index (χ1) is 13.8. The predicted octanol–water partition coefficient (Wildman–Crippen LogP) is 4.51. The van der Waals surface area contributed by atoms with Gasteiger partial charge >= 0.3 is 0 Å². The highest BCUT2D eigenvalue weighted by Gasteiger charge is 2.15. The van der Waals surface area contributed by atoms with Gasteiger partial charge in [0.15, 0.2) is 5.16 Å². The molecule has 0 aliphatic rings. The number of nitrogens with zero attached hydrogens (tertiary/aromatic N) is 3. The Hall–Kier alpha value is -2.90. The summed E-state index contributed by atoms with van der Waals surface area (Å²) in [6.07, 6.45) is 0. The van der Waals surface area contributed by atoms with Gasteiger partial charge in [0.1, 0.15) is 5.65 Å². The Morgan fingerprint density at radius 2 is 1.82 bits per heavy atom. The minimum Gasteiger partial charge on any atom is -0.350 e. The molecule has 1 amide bonds. The smallest absolute Gasteiger partial charge is 0.230 e. The van der Waals surface area contributed by atoms with Gasteiger partial charge in [-0.15, -0.1) is 11.3 Å². The number of carbonyl (C=O) groups is 1. The highest BCUT2D eigenvalue weighted by molar-refractivity contribution is 7.99. The Morgan fingerprint density at radius 3 is 2.68 bits per heavy atom. The number of hydrogen-bond donors (Lipinski definition) is 1. The van der Waals surface area contributed by atoms with Gasteiger partial charge < -0.3 is 5.32 Å². The summed E-state index contributed by atoms with van der Waals surface area (Å²) in [6.45, 7) is 0.561. The number of carbonyl (C=O) groups excluding carboxylic acids is 1. The van der Waals surface area contributed by atoms with Crippen molar-refractivity contribution in [3.63, 3.8) is 0 Å². The number of imidazole rings is 1. The number of benzene rings is 2.